The molecule has 1 aliphatic heterocycles. The van der Waals surface area contributed by atoms with Gasteiger partial charge in [0.1, 0.15) is 0 Å². The third kappa shape index (κ3) is 2.12. The summed E-state index contributed by atoms with van der Waals surface area (Å²) in [6.45, 7) is 4.12. The van der Waals surface area contributed by atoms with E-state index in [0.717, 1.165) is 12.8 Å². The van der Waals surface area contributed by atoms with Gasteiger partial charge in [0.05, 0.1) is 18.8 Å². The normalized spacial score (nSPS) is 23.4. The van der Waals surface area contributed by atoms with Crippen LogP contribution >= 0.6 is 0 Å². The van der Waals surface area contributed by atoms with Gasteiger partial charge < -0.3 is 14.7 Å². The molecule has 0 saturated carbocycles. The van der Waals surface area contributed by atoms with Gasteiger partial charge in [-0.15, -0.1) is 0 Å². The second kappa shape index (κ2) is 3.54. The van der Waals surface area contributed by atoms with E-state index in [1.54, 1.807) is 18.7 Å². The second-order valence-electron chi connectivity index (χ2n) is 3.98. The van der Waals surface area contributed by atoms with Crippen molar-refractivity contribution in [3.8, 4) is 0 Å². The van der Waals surface area contributed by atoms with Crippen LogP contribution in [0.4, 0.5) is 4.79 Å². The summed E-state index contributed by atoms with van der Waals surface area (Å²) >= 11 is 0. The molecule has 1 fully saturated rings. The Morgan fingerprint density at radius 3 is 2.69 bits per heavy atom. The Bertz CT molecular complexity index is 198. The number of likely N-dealkylation sites (tertiary alicyclic amines) is 1. The van der Waals surface area contributed by atoms with E-state index in [0.29, 0.717) is 6.54 Å². The molecule has 1 atom stereocenters. The second-order valence-corrected chi connectivity index (χ2v) is 3.98. The Morgan fingerprint density at radius 2 is 2.23 bits per heavy atom. The zero-order valence-electron chi connectivity index (χ0n) is 8.41. The molecule has 4 nitrogen and oxygen atoms in total. The van der Waals surface area contributed by atoms with Gasteiger partial charge >= 0.3 is 6.09 Å². The number of nitrogens with zero attached hydrogens (tertiary/aromatic N) is 1. The molecule has 4 heteroatoms. The molecule has 0 aromatic heterocycles. The molecule has 1 amide bonds. The van der Waals surface area contributed by atoms with Crippen LogP contribution in [0.25, 0.3) is 0 Å². The smallest absolute Gasteiger partial charge is 0.409 e. The standard InChI is InChI=1S/C9H17NO3/c1-9(2,12)7-5-4-6-10(7)8(11)13-3/h7,12H,4-6H2,1-3H3/t7-/m0/s1. The summed E-state index contributed by atoms with van der Waals surface area (Å²) in [6, 6.07) is -0.111. The van der Waals surface area contributed by atoms with Gasteiger partial charge in [-0.05, 0) is 26.7 Å². The van der Waals surface area contributed by atoms with Crippen molar-refractivity contribution in [2.45, 2.75) is 38.3 Å². The molecule has 0 aliphatic carbocycles. The Hall–Kier alpha value is -0.770. The molecule has 1 heterocycles. The molecule has 1 N–H and O–H groups in total. The van der Waals surface area contributed by atoms with Crippen molar-refractivity contribution in [2.75, 3.05) is 13.7 Å². The number of aliphatic hydroxyl groups is 1. The van der Waals surface area contributed by atoms with Crippen molar-refractivity contribution in [3.05, 3.63) is 0 Å². The van der Waals surface area contributed by atoms with Gasteiger partial charge in [-0.1, -0.05) is 0 Å². The highest BCUT2D eigenvalue weighted by molar-refractivity contribution is 5.68. The quantitative estimate of drug-likeness (QED) is 0.666. The number of hydrogen-bond donors (Lipinski definition) is 1. The predicted octanol–water partition coefficient (Wildman–Crippen LogP) is 0.988. The van der Waals surface area contributed by atoms with Crippen molar-refractivity contribution in [1.29, 1.82) is 0 Å². The Balaban J connectivity index is 2.70. The maximum atomic E-state index is 11.3. The summed E-state index contributed by atoms with van der Waals surface area (Å²) in [4.78, 5) is 12.9. The molecule has 13 heavy (non-hydrogen) atoms. The number of ether oxygens (including phenoxy) is 1. The third-order valence-corrected chi connectivity index (χ3v) is 2.48. The maximum absolute atomic E-state index is 11.3. The predicted molar refractivity (Wildman–Crippen MR) is 48.4 cm³/mol. The van der Waals surface area contributed by atoms with Crippen LogP contribution in [-0.2, 0) is 4.74 Å². The fourth-order valence-electron chi connectivity index (χ4n) is 1.84. The summed E-state index contributed by atoms with van der Waals surface area (Å²) in [5.74, 6) is 0. The van der Waals surface area contributed by atoms with Gasteiger partial charge in [-0.3, -0.25) is 0 Å². The van der Waals surface area contributed by atoms with E-state index in [9.17, 15) is 9.90 Å². The molecule has 1 rings (SSSR count). The van der Waals surface area contributed by atoms with Gasteiger partial charge in [0.15, 0.2) is 0 Å². The molecule has 0 spiro atoms. The largest absolute Gasteiger partial charge is 0.453 e. The molecule has 0 aromatic carbocycles. The molecular weight excluding hydrogens is 170 g/mol. The van der Waals surface area contributed by atoms with Crippen LogP contribution in [-0.4, -0.2) is 41.4 Å². The summed E-state index contributed by atoms with van der Waals surface area (Å²) < 4.78 is 4.64. The molecule has 1 aliphatic rings. The zero-order chi connectivity index (χ0) is 10.1. The topological polar surface area (TPSA) is 49.8 Å². The zero-order valence-corrected chi connectivity index (χ0v) is 8.41. The summed E-state index contributed by atoms with van der Waals surface area (Å²) in [5.41, 5.74) is -0.843. The lowest BCUT2D eigenvalue weighted by Crippen LogP contribution is -2.48. The first-order chi connectivity index (χ1) is 5.96. The highest BCUT2D eigenvalue weighted by atomic mass is 16.5. The molecule has 1 saturated heterocycles. The van der Waals surface area contributed by atoms with E-state index < -0.39 is 5.60 Å². The number of methoxy groups -OCH3 is 1. The van der Waals surface area contributed by atoms with Gasteiger partial charge in [0.25, 0.3) is 0 Å². The van der Waals surface area contributed by atoms with Gasteiger partial charge in [0, 0.05) is 6.54 Å². The lowest BCUT2D eigenvalue weighted by molar-refractivity contribution is -0.00111. The van der Waals surface area contributed by atoms with Gasteiger partial charge in [-0.25, -0.2) is 4.79 Å². The number of carbonyl (C=O) groups is 1. The van der Waals surface area contributed by atoms with Crippen molar-refractivity contribution in [2.24, 2.45) is 0 Å². The summed E-state index contributed by atoms with van der Waals surface area (Å²) in [7, 11) is 1.36. The number of amides is 1. The third-order valence-electron chi connectivity index (χ3n) is 2.48. The van der Waals surface area contributed by atoms with Gasteiger partial charge in [-0.2, -0.15) is 0 Å². The monoisotopic (exact) mass is 187 g/mol. The number of carbonyl (C=O) groups excluding carboxylic acids is 1. The fourth-order valence-corrected chi connectivity index (χ4v) is 1.84. The Morgan fingerprint density at radius 1 is 1.62 bits per heavy atom. The van der Waals surface area contributed by atoms with Crippen molar-refractivity contribution in [1.82, 2.24) is 4.90 Å². The first-order valence-corrected chi connectivity index (χ1v) is 4.54. The number of rotatable bonds is 1. The van der Waals surface area contributed by atoms with Crippen LogP contribution in [0, 0.1) is 0 Å². The Kier molecular flexibility index (Phi) is 2.81. The van der Waals surface area contributed by atoms with Crippen LogP contribution in [0.1, 0.15) is 26.7 Å². The molecular formula is C9H17NO3. The minimum atomic E-state index is -0.843. The van der Waals surface area contributed by atoms with Crippen molar-refractivity contribution < 1.29 is 14.6 Å². The van der Waals surface area contributed by atoms with E-state index in [4.69, 9.17) is 0 Å². The van der Waals surface area contributed by atoms with E-state index >= 15 is 0 Å². The van der Waals surface area contributed by atoms with Crippen LogP contribution in [0.2, 0.25) is 0 Å². The molecule has 0 bridgehead atoms. The lowest BCUT2D eigenvalue weighted by Gasteiger charge is -2.32. The van der Waals surface area contributed by atoms with Gasteiger partial charge in [0.2, 0.25) is 0 Å². The first kappa shape index (κ1) is 10.3. The van der Waals surface area contributed by atoms with E-state index in [2.05, 4.69) is 4.74 Å². The van der Waals surface area contributed by atoms with Crippen LogP contribution in [0.5, 0.6) is 0 Å². The molecule has 0 radical (unpaired) electrons. The van der Waals surface area contributed by atoms with Crippen molar-refractivity contribution >= 4 is 6.09 Å². The van der Waals surface area contributed by atoms with E-state index in [1.165, 1.54) is 7.11 Å². The lowest BCUT2D eigenvalue weighted by atomic mass is 9.97. The average Bonchev–Trinajstić information content (AvgIpc) is 2.49. The molecule has 76 valence electrons. The van der Waals surface area contributed by atoms with Crippen molar-refractivity contribution in [3.63, 3.8) is 0 Å². The van der Waals surface area contributed by atoms with Crippen LogP contribution in [0.3, 0.4) is 0 Å². The Labute approximate surface area is 78.5 Å². The van der Waals surface area contributed by atoms with Crippen LogP contribution in [0.15, 0.2) is 0 Å². The maximum Gasteiger partial charge on any atom is 0.409 e. The number of hydrogen-bond acceptors (Lipinski definition) is 3. The van der Waals surface area contributed by atoms with Crippen LogP contribution < -0.4 is 0 Å². The summed E-state index contributed by atoms with van der Waals surface area (Å²) in [5, 5.41) is 9.78. The summed E-state index contributed by atoms with van der Waals surface area (Å²) in [6.07, 6.45) is 1.44. The molecule has 0 aromatic rings. The SMILES string of the molecule is COC(=O)N1CCC[C@H]1C(C)(C)O. The highest BCUT2D eigenvalue weighted by Gasteiger charge is 2.38. The molecule has 0 unspecified atom stereocenters. The average molecular weight is 187 g/mol. The first-order valence-electron chi connectivity index (χ1n) is 4.54. The van der Waals surface area contributed by atoms with E-state index in [-0.39, 0.29) is 12.1 Å². The van der Waals surface area contributed by atoms with E-state index in [1.807, 2.05) is 0 Å². The highest BCUT2D eigenvalue weighted by Crippen LogP contribution is 2.26. The minimum Gasteiger partial charge on any atom is -0.453 e. The fraction of sp³-hybridized carbons (Fsp3) is 0.889. The minimum absolute atomic E-state index is 0.111.